The van der Waals surface area contributed by atoms with Gasteiger partial charge in [-0.3, -0.25) is 14.5 Å². The zero-order chi connectivity index (χ0) is 24.0. The summed E-state index contributed by atoms with van der Waals surface area (Å²) in [5.41, 5.74) is 1.13. The molecular formula is C22H28F4N2O5. The van der Waals surface area contributed by atoms with Gasteiger partial charge in [-0.05, 0) is 48.3 Å². The molecule has 0 aliphatic carbocycles. The monoisotopic (exact) mass is 476 g/mol. The van der Waals surface area contributed by atoms with E-state index in [9.17, 15) is 22.4 Å². The Bertz CT molecular complexity index is 799. The number of benzene rings is 1. The maximum Gasteiger partial charge on any atom is 0.490 e. The lowest BCUT2D eigenvalue weighted by atomic mass is 9.81. The average Bonchev–Trinajstić information content (AvgIpc) is 3.19. The SMILES string of the molecule is O=C(C[C@@H]1COC[C@H]2CN(Cc3ccc(F)cc3)C[C@@H]12)N1CCCCO1.O=C(O)C(F)(F)F. The summed E-state index contributed by atoms with van der Waals surface area (Å²) in [4.78, 5) is 29.4. The Kier molecular flexibility index (Phi) is 8.66. The van der Waals surface area contributed by atoms with Gasteiger partial charge in [-0.15, -0.1) is 0 Å². The third kappa shape index (κ3) is 7.38. The van der Waals surface area contributed by atoms with Crippen LogP contribution in [0.25, 0.3) is 0 Å². The van der Waals surface area contributed by atoms with E-state index in [0.29, 0.717) is 38.0 Å². The number of halogens is 4. The lowest BCUT2D eigenvalue weighted by Gasteiger charge is -2.34. The number of hydrogen-bond donors (Lipinski definition) is 1. The summed E-state index contributed by atoms with van der Waals surface area (Å²) < 4.78 is 50.6. The van der Waals surface area contributed by atoms with E-state index in [0.717, 1.165) is 44.6 Å². The van der Waals surface area contributed by atoms with E-state index in [1.54, 1.807) is 5.06 Å². The van der Waals surface area contributed by atoms with Crippen LogP contribution >= 0.6 is 0 Å². The molecule has 1 aromatic rings. The first-order chi connectivity index (χ1) is 15.6. The molecule has 3 atom stereocenters. The Morgan fingerprint density at radius 2 is 1.79 bits per heavy atom. The number of aliphatic carboxylic acids is 1. The molecule has 0 spiro atoms. The number of ether oxygens (including phenoxy) is 1. The summed E-state index contributed by atoms with van der Waals surface area (Å²) >= 11 is 0. The zero-order valence-electron chi connectivity index (χ0n) is 18.1. The average molecular weight is 476 g/mol. The van der Waals surface area contributed by atoms with Gasteiger partial charge < -0.3 is 9.84 Å². The molecule has 1 N–H and O–H groups in total. The van der Waals surface area contributed by atoms with Crippen LogP contribution in [0.5, 0.6) is 0 Å². The molecule has 33 heavy (non-hydrogen) atoms. The van der Waals surface area contributed by atoms with E-state index in [4.69, 9.17) is 19.5 Å². The fraction of sp³-hybridized carbons (Fsp3) is 0.636. The first-order valence-electron chi connectivity index (χ1n) is 10.9. The molecule has 3 fully saturated rings. The normalized spacial score (nSPS) is 25.7. The molecule has 3 aliphatic rings. The van der Waals surface area contributed by atoms with E-state index < -0.39 is 12.1 Å². The number of carbonyl (C=O) groups is 2. The molecule has 4 rings (SSSR count). The van der Waals surface area contributed by atoms with Crippen LogP contribution in [0.3, 0.4) is 0 Å². The van der Waals surface area contributed by atoms with Crippen molar-refractivity contribution in [3.05, 3.63) is 35.6 Å². The van der Waals surface area contributed by atoms with Gasteiger partial charge in [0.15, 0.2) is 0 Å². The van der Waals surface area contributed by atoms with Gasteiger partial charge in [0.2, 0.25) is 5.91 Å². The van der Waals surface area contributed by atoms with Crippen LogP contribution in [0.2, 0.25) is 0 Å². The van der Waals surface area contributed by atoms with Crippen molar-refractivity contribution >= 4 is 11.9 Å². The lowest BCUT2D eigenvalue weighted by molar-refractivity contribution is -0.199. The van der Waals surface area contributed by atoms with Crippen molar-refractivity contribution in [3.8, 4) is 0 Å². The highest BCUT2D eigenvalue weighted by atomic mass is 19.4. The Hall–Kier alpha value is -2.24. The minimum atomic E-state index is -5.08. The maximum atomic E-state index is 13.1. The predicted octanol–water partition coefficient (Wildman–Crippen LogP) is 3.10. The standard InChI is InChI=1S/C20H27FN2O3.C2HF3O2/c21-18-5-3-15(4-6-18)10-22-11-17-14-25-13-16(19(17)12-22)9-20(24)23-7-1-2-8-26-23;3-2(4,5)1(6)7/h3-6,16-17,19H,1-2,7-14H2;(H,6,7)/t16-,17-,19+;/m1./s1. The highest BCUT2D eigenvalue weighted by Gasteiger charge is 2.42. The number of likely N-dealkylation sites (tertiary alicyclic amines) is 1. The topological polar surface area (TPSA) is 79.3 Å². The number of carboxylic acids is 1. The molecule has 11 heteroatoms. The van der Waals surface area contributed by atoms with Gasteiger partial charge in [0, 0.05) is 32.6 Å². The highest BCUT2D eigenvalue weighted by molar-refractivity contribution is 5.75. The Balaban J connectivity index is 0.000000383. The summed E-state index contributed by atoms with van der Waals surface area (Å²) in [6.07, 6.45) is -2.53. The number of fused-ring (bicyclic) bond motifs is 1. The summed E-state index contributed by atoms with van der Waals surface area (Å²) in [5.74, 6) is -1.65. The van der Waals surface area contributed by atoms with Gasteiger partial charge in [-0.1, -0.05) is 12.1 Å². The van der Waals surface area contributed by atoms with E-state index in [2.05, 4.69) is 4.90 Å². The first-order valence-corrected chi connectivity index (χ1v) is 10.9. The van der Waals surface area contributed by atoms with Gasteiger partial charge in [0.1, 0.15) is 5.82 Å². The molecule has 3 aliphatic heterocycles. The Morgan fingerprint density at radius 1 is 1.09 bits per heavy atom. The minimum Gasteiger partial charge on any atom is -0.475 e. The van der Waals surface area contributed by atoms with Gasteiger partial charge >= 0.3 is 12.1 Å². The number of nitrogens with zero attached hydrogens (tertiary/aromatic N) is 2. The summed E-state index contributed by atoms with van der Waals surface area (Å²) in [5, 5.41) is 8.68. The molecule has 0 saturated carbocycles. The van der Waals surface area contributed by atoms with Crippen LogP contribution in [0.1, 0.15) is 24.8 Å². The van der Waals surface area contributed by atoms with E-state index in [-0.39, 0.29) is 17.6 Å². The van der Waals surface area contributed by atoms with Crippen molar-refractivity contribution < 1.29 is 41.8 Å². The van der Waals surface area contributed by atoms with Crippen molar-refractivity contribution in [2.75, 3.05) is 39.5 Å². The molecule has 3 saturated heterocycles. The number of carboxylic acid groups (broad SMARTS) is 1. The van der Waals surface area contributed by atoms with Crippen molar-refractivity contribution in [1.82, 2.24) is 9.96 Å². The van der Waals surface area contributed by atoms with E-state index in [1.165, 1.54) is 12.1 Å². The molecule has 3 heterocycles. The van der Waals surface area contributed by atoms with Crippen molar-refractivity contribution in [3.63, 3.8) is 0 Å². The molecule has 0 aromatic heterocycles. The third-order valence-electron chi connectivity index (χ3n) is 6.12. The van der Waals surface area contributed by atoms with Gasteiger partial charge in [0.25, 0.3) is 0 Å². The van der Waals surface area contributed by atoms with Crippen LogP contribution in [0.4, 0.5) is 17.6 Å². The summed E-state index contributed by atoms with van der Waals surface area (Å²) in [6, 6.07) is 6.73. The fourth-order valence-corrected chi connectivity index (χ4v) is 4.50. The van der Waals surface area contributed by atoms with Gasteiger partial charge in [-0.25, -0.2) is 14.2 Å². The quantitative estimate of drug-likeness (QED) is 0.673. The summed E-state index contributed by atoms with van der Waals surface area (Å²) in [7, 11) is 0. The summed E-state index contributed by atoms with van der Waals surface area (Å²) in [6.45, 7) is 5.56. The number of rotatable bonds is 4. The van der Waals surface area contributed by atoms with Crippen LogP contribution in [0, 0.1) is 23.6 Å². The third-order valence-corrected chi connectivity index (χ3v) is 6.12. The molecule has 1 amide bonds. The van der Waals surface area contributed by atoms with Crippen molar-refractivity contribution in [2.24, 2.45) is 17.8 Å². The minimum absolute atomic E-state index is 0.0935. The van der Waals surface area contributed by atoms with Crippen molar-refractivity contribution in [1.29, 1.82) is 0 Å². The number of carbonyl (C=O) groups excluding carboxylic acids is 1. The number of hydrogen-bond acceptors (Lipinski definition) is 5. The Labute approximate surface area is 189 Å². The fourth-order valence-electron chi connectivity index (χ4n) is 4.50. The van der Waals surface area contributed by atoms with E-state index >= 15 is 0 Å². The number of hydroxylamine groups is 2. The predicted molar refractivity (Wildman–Crippen MR) is 108 cm³/mol. The van der Waals surface area contributed by atoms with Crippen molar-refractivity contribution in [2.45, 2.75) is 32.0 Å². The molecular weight excluding hydrogens is 448 g/mol. The second kappa shape index (κ2) is 11.3. The molecule has 0 bridgehead atoms. The second-order valence-corrected chi connectivity index (χ2v) is 8.59. The first kappa shape index (κ1) is 25.4. The number of alkyl halides is 3. The Morgan fingerprint density at radius 3 is 2.39 bits per heavy atom. The number of amides is 1. The molecule has 0 radical (unpaired) electrons. The molecule has 0 unspecified atom stereocenters. The lowest BCUT2D eigenvalue weighted by Crippen LogP contribution is -2.41. The molecule has 7 nitrogen and oxygen atoms in total. The van der Waals surface area contributed by atoms with Crippen LogP contribution in [-0.2, 0) is 25.7 Å². The smallest absolute Gasteiger partial charge is 0.475 e. The van der Waals surface area contributed by atoms with Gasteiger partial charge in [0.05, 0.1) is 19.8 Å². The zero-order valence-corrected chi connectivity index (χ0v) is 18.1. The van der Waals surface area contributed by atoms with Crippen LogP contribution in [0.15, 0.2) is 24.3 Å². The van der Waals surface area contributed by atoms with Crippen LogP contribution in [-0.4, -0.2) is 72.6 Å². The maximum absolute atomic E-state index is 13.1. The second-order valence-electron chi connectivity index (χ2n) is 8.59. The largest absolute Gasteiger partial charge is 0.490 e. The van der Waals surface area contributed by atoms with Gasteiger partial charge in [-0.2, -0.15) is 13.2 Å². The van der Waals surface area contributed by atoms with E-state index in [1.807, 2.05) is 12.1 Å². The molecule has 1 aromatic carbocycles. The highest BCUT2D eigenvalue weighted by Crippen LogP contribution is 2.36. The molecule has 184 valence electrons. The van der Waals surface area contributed by atoms with Crippen LogP contribution < -0.4 is 0 Å².